The standard InChI is InChI=1S/C72H136O6/c1-4-7-10-13-16-19-22-25-28-30-32-33-34-35-36-37-38-39-41-42-44-47-50-53-56-59-62-65-71(74)77-68-69(67-76-70(73)64-61-58-55-52-49-46-27-24-21-18-15-12-9-6-3)78-72(75)66-63-60-57-54-51-48-45-43-40-31-29-26-23-20-17-14-11-8-5-2/h22,25,30,32,69H,4-21,23-24,26-29,31,33-68H2,1-3H3/b25-22-,32-30-. The van der Waals surface area contributed by atoms with E-state index >= 15 is 0 Å². The molecule has 0 aliphatic heterocycles. The maximum Gasteiger partial charge on any atom is 0.306 e. The summed E-state index contributed by atoms with van der Waals surface area (Å²) in [6.45, 7) is 6.71. The van der Waals surface area contributed by atoms with Crippen molar-refractivity contribution in [2.45, 2.75) is 406 Å². The average molecular weight is 1100 g/mol. The van der Waals surface area contributed by atoms with Crippen LogP contribution < -0.4 is 0 Å². The second-order valence-electron chi connectivity index (χ2n) is 24.2. The van der Waals surface area contributed by atoms with Crippen LogP contribution in [-0.2, 0) is 28.6 Å². The lowest BCUT2D eigenvalue weighted by molar-refractivity contribution is -0.167. The molecule has 6 heteroatoms. The molecule has 0 aromatic heterocycles. The molecule has 0 rings (SSSR count). The van der Waals surface area contributed by atoms with Crippen LogP contribution in [-0.4, -0.2) is 37.2 Å². The molecule has 0 N–H and O–H groups in total. The second-order valence-corrected chi connectivity index (χ2v) is 24.2. The predicted octanol–water partition coefficient (Wildman–Crippen LogP) is 24.2. The lowest BCUT2D eigenvalue weighted by Gasteiger charge is -2.18. The Kier molecular flexibility index (Phi) is 65.6. The summed E-state index contributed by atoms with van der Waals surface area (Å²) in [7, 11) is 0. The fraction of sp³-hybridized carbons (Fsp3) is 0.903. The Morgan fingerprint density at radius 3 is 0.705 bits per heavy atom. The fourth-order valence-corrected chi connectivity index (χ4v) is 10.9. The lowest BCUT2D eigenvalue weighted by atomic mass is 10.0. The number of carbonyl (C=O) groups is 3. The zero-order valence-electron chi connectivity index (χ0n) is 53.0. The summed E-state index contributed by atoms with van der Waals surface area (Å²) in [4.78, 5) is 38.4. The van der Waals surface area contributed by atoms with Gasteiger partial charge in [-0.25, -0.2) is 0 Å². The number of allylic oxidation sites excluding steroid dienone is 4. The lowest BCUT2D eigenvalue weighted by Crippen LogP contribution is -2.30. The molecule has 78 heavy (non-hydrogen) atoms. The van der Waals surface area contributed by atoms with Crippen LogP contribution in [0.4, 0.5) is 0 Å². The van der Waals surface area contributed by atoms with Crippen LogP contribution in [0.3, 0.4) is 0 Å². The van der Waals surface area contributed by atoms with Gasteiger partial charge in [0, 0.05) is 19.3 Å². The Bertz CT molecular complexity index is 1260. The van der Waals surface area contributed by atoms with Gasteiger partial charge in [0.1, 0.15) is 13.2 Å². The molecular weight excluding hydrogens is 961 g/mol. The van der Waals surface area contributed by atoms with E-state index in [2.05, 4.69) is 45.1 Å². The number of ether oxygens (including phenoxy) is 3. The maximum absolute atomic E-state index is 12.9. The Morgan fingerprint density at radius 2 is 0.462 bits per heavy atom. The topological polar surface area (TPSA) is 78.9 Å². The van der Waals surface area contributed by atoms with Gasteiger partial charge in [0.2, 0.25) is 0 Å². The van der Waals surface area contributed by atoms with Crippen molar-refractivity contribution in [2.75, 3.05) is 13.2 Å². The Balaban J connectivity index is 4.21. The van der Waals surface area contributed by atoms with E-state index in [1.165, 1.54) is 295 Å². The van der Waals surface area contributed by atoms with E-state index in [0.29, 0.717) is 19.3 Å². The first-order valence-corrected chi connectivity index (χ1v) is 35.3. The third kappa shape index (κ3) is 64.7. The van der Waals surface area contributed by atoms with Crippen LogP contribution in [0.15, 0.2) is 24.3 Å². The summed E-state index contributed by atoms with van der Waals surface area (Å²) in [5.74, 6) is -0.829. The molecule has 460 valence electrons. The second kappa shape index (κ2) is 67.4. The van der Waals surface area contributed by atoms with E-state index in [1.54, 1.807) is 0 Å². The summed E-state index contributed by atoms with van der Waals surface area (Å²) >= 11 is 0. The molecule has 6 nitrogen and oxygen atoms in total. The minimum absolute atomic E-state index is 0.0635. The highest BCUT2D eigenvalue weighted by Gasteiger charge is 2.19. The molecule has 1 unspecified atom stereocenters. The molecule has 0 radical (unpaired) electrons. The predicted molar refractivity (Wildman–Crippen MR) is 340 cm³/mol. The molecule has 0 spiro atoms. The van der Waals surface area contributed by atoms with Gasteiger partial charge in [0.15, 0.2) is 6.10 Å². The molecule has 1 atom stereocenters. The largest absolute Gasteiger partial charge is 0.462 e. The molecule has 0 aromatic carbocycles. The van der Waals surface area contributed by atoms with Crippen molar-refractivity contribution < 1.29 is 28.6 Å². The molecule has 0 heterocycles. The average Bonchev–Trinajstić information content (AvgIpc) is 3.44. The van der Waals surface area contributed by atoms with Crippen molar-refractivity contribution in [1.29, 1.82) is 0 Å². The SMILES string of the molecule is CCCCCCC/C=C\C/C=C\CCCCCCCCCCCCCCCCCC(=O)OCC(COC(=O)CCCCCCCCCCCCCCCC)OC(=O)CCCCCCCCCCCCCCCCCCCCC. The van der Waals surface area contributed by atoms with E-state index < -0.39 is 6.10 Å². The van der Waals surface area contributed by atoms with Gasteiger partial charge in [0.05, 0.1) is 0 Å². The first kappa shape index (κ1) is 75.9. The smallest absolute Gasteiger partial charge is 0.306 e. The van der Waals surface area contributed by atoms with Gasteiger partial charge in [-0.3, -0.25) is 14.4 Å². The highest BCUT2D eigenvalue weighted by atomic mass is 16.6. The number of carbonyl (C=O) groups excluding carboxylic acids is 3. The first-order chi connectivity index (χ1) is 38.5. The van der Waals surface area contributed by atoms with Crippen molar-refractivity contribution in [1.82, 2.24) is 0 Å². The van der Waals surface area contributed by atoms with Crippen LogP contribution in [0.2, 0.25) is 0 Å². The zero-order valence-corrected chi connectivity index (χ0v) is 53.0. The molecule has 0 bridgehead atoms. The Morgan fingerprint density at radius 1 is 0.256 bits per heavy atom. The van der Waals surface area contributed by atoms with Gasteiger partial charge in [-0.1, -0.05) is 353 Å². The minimum Gasteiger partial charge on any atom is -0.462 e. The van der Waals surface area contributed by atoms with E-state index in [1.807, 2.05) is 0 Å². The summed E-state index contributed by atoms with van der Waals surface area (Å²) in [6, 6.07) is 0. The van der Waals surface area contributed by atoms with Gasteiger partial charge >= 0.3 is 17.9 Å². The Hall–Kier alpha value is -2.11. The Labute approximate surface area is 487 Å². The quantitative estimate of drug-likeness (QED) is 0.0261. The van der Waals surface area contributed by atoms with Gasteiger partial charge in [-0.15, -0.1) is 0 Å². The van der Waals surface area contributed by atoms with Crippen LogP contribution >= 0.6 is 0 Å². The summed E-state index contributed by atoms with van der Waals surface area (Å²) in [6.07, 6.45) is 82.0. The summed E-state index contributed by atoms with van der Waals surface area (Å²) < 4.78 is 17.0. The molecule has 0 aliphatic rings. The fourth-order valence-electron chi connectivity index (χ4n) is 10.9. The van der Waals surface area contributed by atoms with Crippen molar-refractivity contribution >= 4 is 17.9 Å². The molecule has 0 saturated carbocycles. The van der Waals surface area contributed by atoms with Crippen molar-refractivity contribution in [3.8, 4) is 0 Å². The minimum atomic E-state index is -0.767. The molecule has 0 aromatic rings. The van der Waals surface area contributed by atoms with E-state index in [-0.39, 0.29) is 31.1 Å². The van der Waals surface area contributed by atoms with Crippen LogP contribution in [0.1, 0.15) is 400 Å². The first-order valence-electron chi connectivity index (χ1n) is 35.3. The van der Waals surface area contributed by atoms with Crippen molar-refractivity contribution in [2.24, 2.45) is 0 Å². The zero-order chi connectivity index (χ0) is 56.4. The number of unbranched alkanes of at least 4 members (excludes halogenated alkanes) is 51. The normalized spacial score (nSPS) is 12.1. The number of esters is 3. The summed E-state index contributed by atoms with van der Waals surface area (Å²) in [5, 5.41) is 0. The third-order valence-electron chi connectivity index (χ3n) is 16.2. The van der Waals surface area contributed by atoms with E-state index in [0.717, 1.165) is 64.2 Å². The molecular formula is C72H136O6. The van der Waals surface area contributed by atoms with E-state index in [4.69, 9.17) is 14.2 Å². The third-order valence-corrected chi connectivity index (χ3v) is 16.2. The van der Waals surface area contributed by atoms with E-state index in [9.17, 15) is 14.4 Å². The van der Waals surface area contributed by atoms with Crippen molar-refractivity contribution in [3.05, 3.63) is 24.3 Å². The number of hydrogen-bond donors (Lipinski definition) is 0. The highest BCUT2D eigenvalue weighted by Crippen LogP contribution is 2.19. The van der Waals surface area contributed by atoms with Crippen LogP contribution in [0.5, 0.6) is 0 Å². The van der Waals surface area contributed by atoms with Gasteiger partial charge in [-0.2, -0.15) is 0 Å². The molecule has 0 aliphatic carbocycles. The van der Waals surface area contributed by atoms with Gasteiger partial charge < -0.3 is 14.2 Å². The number of hydrogen-bond acceptors (Lipinski definition) is 6. The summed E-state index contributed by atoms with van der Waals surface area (Å²) in [5.41, 5.74) is 0. The monoisotopic (exact) mass is 1100 g/mol. The van der Waals surface area contributed by atoms with Gasteiger partial charge in [0.25, 0.3) is 0 Å². The molecule has 0 amide bonds. The van der Waals surface area contributed by atoms with Crippen LogP contribution in [0.25, 0.3) is 0 Å². The highest BCUT2D eigenvalue weighted by molar-refractivity contribution is 5.71. The van der Waals surface area contributed by atoms with Gasteiger partial charge in [-0.05, 0) is 51.4 Å². The van der Waals surface area contributed by atoms with Crippen molar-refractivity contribution in [3.63, 3.8) is 0 Å². The van der Waals surface area contributed by atoms with Crippen LogP contribution in [0, 0.1) is 0 Å². The molecule has 0 fully saturated rings. The number of rotatable bonds is 66. The maximum atomic E-state index is 12.9. The molecule has 0 saturated heterocycles.